The highest BCUT2D eigenvalue weighted by atomic mass is 32.2. The van der Waals surface area contributed by atoms with Gasteiger partial charge in [0.05, 0.1) is 7.11 Å². The molecule has 0 aliphatic heterocycles. The lowest BCUT2D eigenvalue weighted by Gasteiger charge is -2.16. The zero-order valence-corrected chi connectivity index (χ0v) is 17.6. The fourth-order valence-corrected chi connectivity index (χ4v) is 3.01. The summed E-state index contributed by atoms with van der Waals surface area (Å²) in [5.74, 6) is -1.05. The number of hydrogen-bond donors (Lipinski definition) is 3. The number of benzene rings is 2. The number of carbonyl (C=O) groups excluding carboxylic acids is 2. The number of ether oxygens (including phenoxy) is 1. The second-order valence-electron chi connectivity index (χ2n) is 6.30. The van der Waals surface area contributed by atoms with Gasteiger partial charge in [0.1, 0.15) is 17.5 Å². The molecule has 0 saturated carbocycles. The zero-order valence-electron chi connectivity index (χ0n) is 16.8. The molecule has 2 rings (SSSR count). The van der Waals surface area contributed by atoms with Gasteiger partial charge in [-0.15, -0.1) is 0 Å². The Hall–Kier alpha value is -3.26. The van der Waals surface area contributed by atoms with Crippen LogP contribution in [0.1, 0.15) is 22.3 Å². The van der Waals surface area contributed by atoms with E-state index >= 15 is 0 Å². The normalized spacial score (nSPS) is 12.0. The molecule has 0 fully saturated rings. The molecule has 0 saturated heterocycles. The first-order chi connectivity index (χ1) is 14.4. The molecule has 0 unspecified atom stereocenters. The Morgan fingerprint density at radius 2 is 1.77 bits per heavy atom. The Labute approximate surface area is 179 Å². The molecule has 0 radical (unpaired) electrons. The molecular weight excluding hydrogens is 404 g/mol. The molecule has 7 nitrogen and oxygen atoms in total. The van der Waals surface area contributed by atoms with Crippen LogP contribution in [0, 0.1) is 0 Å². The number of carboxylic acids is 1. The van der Waals surface area contributed by atoms with E-state index < -0.39 is 23.8 Å². The average Bonchev–Trinajstić information content (AvgIpc) is 2.76. The molecule has 0 spiro atoms. The number of rotatable bonds is 10. The highest BCUT2D eigenvalue weighted by Gasteiger charge is 2.22. The van der Waals surface area contributed by atoms with Crippen molar-refractivity contribution in [1.82, 2.24) is 10.6 Å². The Kier molecular flexibility index (Phi) is 8.96. The van der Waals surface area contributed by atoms with Gasteiger partial charge >= 0.3 is 5.97 Å². The minimum Gasteiger partial charge on any atom is -0.497 e. The average molecular weight is 429 g/mol. The Bertz CT molecular complexity index is 898. The van der Waals surface area contributed by atoms with E-state index in [9.17, 15) is 19.5 Å². The van der Waals surface area contributed by atoms with Crippen LogP contribution < -0.4 is 15.4 Å². The number of aliphatic carboxylic acids is 1. The van der Waals surface area contributed by atoms with Crippen LogP contribution in [0.25, 0.3) is 6.08 Å². The van der Waals surface area contributed by atoms with E-state index in [1.807, 2.05) is 6.26 Å². The summed E-state index contributed by atoms with van der Waals surface area (Å²) in [5.41, 5.74) is 0.970. The number of hydrogen-bond acceptors (Lipinski definition) is 5. The van der Waals surface area contributed by atoms with Crippen molar-refractivity contribution < 1.29 is 24.2 Å². The Balaban J connectivity index is 2.28. The molecule has 0 bridgehead atoms. The van der Waals surface area contributed by atoms with E-state index in [1.54, 1.807) is 61.7 Å². The third-order valence-electron chi connectivity index (χ3n) is 4.17. The van der Waals surface area contributed by atoms with Crippen molar-refractivity contribution in [2.45, 2.75) is 12.5 Å². The maximum Gasteiger partial charge on any atom is 0.326 e. The van der Waals surface area contributed by atoms with Gasteiger partial charge in [0.2, 0.25) is 0 Å². The Morgan fingerprint density at radius 1 is 1.10 bits per heavy atom. The number of thioether (sulfide) groups is 1. The quantitative estimate of drug-likeness (QED) is 0.503. The van der Waals surface area contributed by atoms with E-state index in [2.05, 4.69) is 10.6 Å². The van der Waals surface area contributed by atoms with Crippen LogP contribution >= 0.6 is 11.8 Å². The Morgan fingerprint density at radius 3 is 2.33 bits per heavy atom. The summed E-state index contributed by atoms with van der Waals surface area (Å²) >= 11 is 1.49. The van der Waals surface area contributed by atoms with E-state index in [-0.39, 0.29) is 12.1 Å². The summed E-state index contributed by atoms with van der Waals surface area (Å²) < 4.78 is 5.12. The van der Waals surface area contributed by atoms with Gasteiger partial charge in [-0.05, 0) is 54.3 Å². The van der Waals surface area contributed by atoms with Crippen molar-refractivity contribution in [3.8, 4) is 5.75 Å². The molecule has 30 heavy (non-hydrogen) atoms. The first-order valence-electron chi connectivity index (χ1n) is 9.19. The minimum atomic E-state index is -1.13. The van der Waals surface area contributed by atoms with E-state index in [0.717, 1.165) is 0 Å². The van der Waals surface area contributed by atoms with E-state index in [0.29, 0.717) is 22.6 Å². The van der Waals surface area contributed by atoms with Gasteiger partial charge in [0, 0.05) is 5.56 Å². The van der Waals surface area contributed by atoms with E-state index in [1.165, 1.54) is 17.8 Å². The van der Waals surface area contributed by atoms with Crippen LogP contribution in [0.3, 0.4) is 0 Å². The first kappa shape index (κ1) is 23.0. The van der Waals surface area contributed by atoms with Crippen LogP contribution in [-0.2, 0) is 9.59 Å². The van der Waals surface area contributed by atoms with Gasteiger partial charge in [0.25, 0.3) is 11.8 Å². The smallest absolute Gasteiger partial charge is 0.326 e. The molecule has 0 aliphatic rings. The summed E-state index contributed by atoms with van der Waals surface area (Å²) in [6.07, 6.45) is 3.61. The molecule has 0 heterocycles. The molecule has 2 aromatic carbocycles. The van der Waals surface area contributed by atoms with Crippen molar-refractivity contribution in [1.29, 1.82) is 0 Å². The molecule has 2 aromatic rings. The molecule has 8 heteroatoms. The summed E-state index contributed by atoms with van der Waals surface area (Å²) in [7, 11) is 1.55. The monoisotopic (exact) mass is 428 g/mol. The number of methoxy groups -OCH3 is 1. The third-order valence-corrected chi connectivity index (χ3v) is 4.81. The summed E-state index contributed by atoms with van der Waals surface area (Å²) in [4.78, 5) is 36.9. The molecule has 158 valence electrons. The van der Waals surface area contributed by atoms with Crippen molar-refractivity contribution in [2.24, 2.45) is 0 Å². The fourth-order valence-electron chi connectivity index (χ4n) is 2.54. The van der Waals surface area contributed by atoms with Crippen LogP contribution in [0.15, 0.2) is 60.3 Å². The van der Waals surface area contributed by atoms with Gasteiger partial charge in [-0.25, -0.2) is 4.79 Å². The summed E-state index contributed by atoms with van der Waals surface area (Å²) in [6, 6.07) is 14.3. The lowest BCUT2D eigenvalue weighted by atomic mass is 10.1. The van der Waals surface area contributed by atoms with Crippen molar-refractivity contribution in [3.05, 3.63) is 71.4 Å². The van der Waals surface area contributed by atoms with Gasteiger partial charge in [-0.1, -0.05) is 30.3 Å². The standard InChI is InChI=1S/C22H24N2O5S/c1-29-17-10-8-15(9-11-17)14-19(24-20(25)16-6-4-3-5-7-16)21(26)23-18(22(27)28)12-13-30-2/h3-11,14,18H,12-13H2,1-2H3,(H,23,26)(H,24,25)(H,27,28)/b19-14+/t18-/m0/s1. The highest BCUT2D eigenvalue weighted by molar-refractivity contribution is 7.98. The van der Waals surface area contributed by atoms with Gasteiger partial charge < -0.3 is 20.5 Å². The van der Waals surface area contributed by atoms with Crippen LogP contribution in [0.4, 0.5) is 0 Å². The molecular formula is C22H24N2O5S. The highest BCUT2D eigenvalue weighted by Crippen LogP contribution is 2.14. The predicted octanol–water partition coefficient (Wildman–Crippen LogP) is 2.79. The van der Waals surface area contributed by atoms with Crippen molar-refractivity contribution in [3.63, 3.8) is 0 Å². The number of carboxylic acid groups (broad SMARTS) is 1. The van der Waals surface area contributed by atoms with Crippen LogP contribution in [-0.4, -0.2) is 48.1 Å². The first-order valence-corrected chi connectivity index (χ1v) is 10.6. The SMILES string of the molecule is COc1ccc(/C=C(/NC(=O)c2ccccc2)C(=O)N[C@@H](CCSC)C(=O)O)cc1. The third kappa shape index (κ3) is 6.97. The second kappa shape index (κ2) is 11.7. The molecule has 0 aromatic heterocycles. The van der Waals surface area contributed by atoms with Crippen molar-refractivity contribution >= 4 is 35.6 Å². The topological polar surface area (TPSA) is 105 Å². The maximum absolute atomic E-state index is 12.8. The fraction of sp³-hybridized carbons (Fsp3) is 0.227. The van der Waals surface area contributed by atoms with Gasteiger partial charge in [-0.3, -0.25) is 9.59 Å². The summed E-state index contributed by atoms with van der Waals surface area (Å²) in [5, 5.41) is 14.5. The molecule has 0 aliphatic carbocycles. The number of carbonyl (C=O) groups is 3. The summed E-state index contributed by atoms with van der Waals surface area (Å²) in [6.45, 7) is 0. The second-order valence-corrected chi connectivity index (χ2v) is 7.28. The maximum atomic E-state index is 12.8. The van der Waals surface area contributed by atoms with Crippen molar-refractivity contribution in [2.75, 3.05) is 19.1 Å². The van der Waals surface area contributed by atoms with Crippen LogP contribution in [0.2, 0.25) is 0 Å². The van der Waals surface area contributed by atoms with Crippen LogP contribution in [0.5, 0.6) is 5.75 Å². The van der Waals surface area contributed by atoms with Gasteiger partial charge in [0.15, 0.2) is 0 Å². The number of amides is 2. The van der Waals surface area contributed by atoms with E-state index in [4.69, 9.17) is 4.74 Å². The minimum absolute atomic E-state index is 0.0515. The molecule has 2 amide bonds. The lowest BCUT2D eigenvalue weighted by Crippen LogP contribution is -2.44. The predicted molar refractivity (Wildman–Crippen MR) is 117 cm³/mol. The zero-order chi connectivity index (χ0) is 21.9. The molecule has 3 N–H and O–H groups in total. The van der Waals surface area contributed by atoms with Gasteiger partial charge in [-0.2, -0.15) is 11.8 Å². The number of nitrogens with one attached hydrogen (secondary N) is 2. The molecule has 1 atom stereocenters. The lowest BCUT2D eigenvalue weighted by molar-refractivity contribution is -0.141. The largest absolute Gasteiger partial charge is 0.497 e.